The molecule has 0 bridgehead atoms. The lowest BCUT2D eigenvalue weighted by Gasteiger charge is -2.03. The van der Waals surface area contributed by atoms with Crippen LogP contribution in [0.15, 0.2) is 65.2 Å². The second-order valence-electron chi connectivity index (χ2n) is 5.74. The molecule has 5 heteroatoms. The molecule has 2 aromatic carbocycles. The SMILES string of the molecule is Fc1cc(I)c2oc(-c3ccc(C=Cc4ccccn4)cc3I)cc2c1. The molecule has 0 N–H and O–H groups in total. The number of fused-ring (bicyclic) bond motifs is 1. The van der Waals surface area contributed by atoms with E-state index in [1.807, 2.05) is 48.6 Å². The number of nitrogens with zero attached hydrogens (tertiary/aromatic N) is 1. The van der Waals surface area contributed by atoms with E-state index in [1.54, 1.807) is 6.20 Å². The van der Waals surface area contributed by atoms with Gasteiger partial charge in [-0.2, -0.15) is 0 Å². The molecule has 0 fully saturated rings. The summed E-state index contributed by atoms with van der Waals surface area (Å²) in [5, 5.41) is 0.777. The lowest BCUT2D eigenvalue weighted by molar-refractivity contribution is 0.616. The molecule has 2 aromatic heterocycles. The van der Waals surface area contributed by atoms with Crippen molar-refractivity contribution in [3.8, 4) is 11.3 Å². The van der Waals surface area contributed by atoms with E-state index in [0.717, 1.165) is 40.7 Å². The summed E-state index contributed by atoms with van der Waals surface area (Å²) < 4.78 is 21.4. The zero-order chi connectivity index (χ0) is 18.1. The Morgan fingerprint density at radius 2 is 1.81 bits per heavy atom. The fourth-order valence-corrected chi connectivity index (χ4v) is 4.22. The van der Waals surface area contributed by atoms with E-state index in [2.05, 4.69) is 56.2 Å². The molecule has 26 heavy (non-hydrogen) atoms. The molecular formula is C21H12FI2NO. The largest absolute Gasteiger partial charge is 0.455 e. The lowest BCUT2D eigenvalue weighted by atomic mass is 10.1. The maximum Gasteiger partial charge on any atom is 0.148 e. The van der Waals surface area contributed by atoms with Gasteiger partial charge in [0, 0.05) is 20.7 Å². The number of aromatic nitrogens is 1. The van der Waals surface area contributed by atoms with E-state index in [-0.39, 0.29) is 5.82 Å². The van der Waals surface area contributed by atoms with Gasteiger partial charge in [0.05, 0.1) is 9.26 Å². The third-order valence-corrected chi connectivity index (χ3v) is 5.62. The molecule has 0 aliphatic heterocycles. The summed E-state index contributed by atoms with van der Waals surface area (Å²) in [7, 11) is 0. The maximum absolute atomic E-state index is 13.6. The molecule has 0 radical (unpaired) electrons. The van der Waals surface area contributed by atoms with E-state index < -0.39 is 0 Å². The van der Waals surface area contributed by atoms with Crippen LogP contribution in [0.3, 0.4) is 0 Å². The van der Waals surface area contributed by atoms with E-state index in [9.17, 15) is 4.39 Å². The molecule has 0 spiro atoms. The third-order valence-electron chi connectivity index (χ3n) is 3.93. The van der Waals surface area contributed by atoms with Crippen molar-refractivity contribution in [3.05, 3.63) is 85.0 Å². The van der Waals surface area contributed by atoms with Gasteiger partial charge in [-0.3, -0.25) is 4.98 Å². The first-order valence-corrected chi connectivity index (χ1v) is 10.0. The molecule has 0 aliphatic carbocycles. The zero-order valence-electron chi connectivity index (χ0n) is 13.4. The van der Waals surface area contributed by atoms with E-state index in [0.29, 0.717) is 0 Å². The Labute approximate surface area is 177 Å². The molecule has 0 saturated heterocycles. The summed E-state index contributed by atoms with van der Waals surface area (Å²) in [6.45, 7) is 0. The van der Waals surface area contributed by atoms with Crippen LogP contribution in [0, 0.1) is 13.0 Å². The third kappa shape index (κ3) is 3.68. The molecule has 2 nitrogen and oxygen atoms in total. The average molecular weight is 567 g/mol. The molecule has 0 unspecified atom stereocenters. The Bertz CT molecular complexity index is 1120. The van der Waals surface area contributed by atoms with E-state index in [1.165, 1.54) is 12.1 Å². The van der Waals surface area contributed by atoms with Crippen LogP contribution in [0.4, 0.5) is 4.39 Å². The van der Waals surface area contributed by atoms with Gasteiger partial charge in [-0.25, -0.2) is 4.39 Å². The molecule has 128 valence electrons. The maximum atomic E-state index is 13.6. The van der Waals surface area contributed by atoms with Crippen LogP contribution in [0.2, 0.25) is 0 Å². The molecule has 0 saturated carbocycles. The number of halogens is 3. The molecular weight excluding hydrogens is 555 g/mol. The molecule has 2 heterocycles. The first kappa shape index (κ1) is 17.7. The fourth-order valence-electron chi connectivity index (χ4n) is 2.70. The predicted octanol–water partition coefficient (Wildman–Crippen LogP) is 7.01. The number of benzene rings is 2. The van der Waals surface area contributed by atoms with Gasteiger partial charge >= 0.3 is 0 Å². The molecule has 0 aliphatic rings. The van der Waals surface area contributed by atoms with Gasteiger partial charge in [0.25, 0.3) is 0 Å². The van der Waals surface area contributed by atoms with E-state index >= 15 is 0 Å². The quantitative estimate of drug-likeness (QED) is 0.249. The molecule has 4 rings (SSSR count). The molecule has 0 amide bonds. The number of pyridine rings is 1. The van der Waals surface area contributed by atoms with Gasteiger partial charge in [0.2, 0.25) is 0 Å². The molecule has 0 atom stereocenters. The van der Waals surface area contributed by atoms with Crippen molar-refractivity contribution < 1.29 is 8.81 Å². The summed E-state index contributed by atoms with van der Waals surface area (Å²) in [5.74, 6) is 0.493. The zero-order valence-corrected chi connectivity index (χ0v) is 17.7. The van der Waals surface area contributed by atoms with Crippen LogP contribution < -0.4 is 0 Å². The lowest BCUT2D eigenvalue weighted by Crippen LogP contribution is -1.83. The van der Waals surface area contributed by atoms with E-state index in [4.69, 9.17) is 4.42 Å². The Balaban J connectivity index is 1.68. The van der Waals surface area contributed by atoms with Crippen LogP contribution in [0.5, 0.6) is 0 Å². The minimum atomic E-state index is -0.251. The van der Waals surface area contributed by atoms with Crippen molar-refractivity contribution in [3.63, 3.8) is 0 Å². The number of hydrogen-bond donors (Lipinski definition) is 0. The Hall–Kier alpha value is -1.74. The first-order valence-electron chi connectivity index (χ1n) is 7.88. The fraction of sp³-hybridized carbons (Fsp3) is 0. The van der Waals surface area contributed by atoms with Crippen molar-refractivity contribution in [2.75, 3.05) is 0 Å². The second kappa shape index (κ2) is 7.48. The predicted molar refractivity (Wildman–Crippen MR) is 120 cm³/mol. The van der Waals surface area contributed by atoms with Crippen LogP contribution >= 0.6 is 45.2 Å². The van der Waals surface area contributed by atoms with Crippen molar-refractivity contribution in [2.24, 2.45) is 0 Å². The smallest absolute Gasteiger partial charge is 0.148 e. The summed E-state index contributed by atoms with van der Waals surface area (Å²) in [5.41, 5.74) is 3.71. The Kier molecular flexibility index (Phi) is 5.08. The summed E-state index contributed by atoms with van der Waals surface area (Å²) in [6, 6.07) is 16.9. The number of rotatable bonds is 3. The van der Waals surface area contributed by atoms with Crippen molar-refractivity contribution >= 4 is 68.3 Å². The summed E-state index contributed by atoms with van der Waals surface area (Å²) >= 11 is 4.39. The first-order chi connectivity index (χ1) is 12.6. The monoisotopic (exact) mass is 567 g/mol. The number of hydrogen-bond acceptors (Lipinski definition) is 2. The van der Waals surface area contributed by atoms with Crippen molar-refractivity contribution in [2.45, 2.75) is 0 Å². The van der Waals surface area contributed by atoms with Gasteiger partial charge in [-0.05, 0) is 99.3 Å². The van der Waals surface area contributed by atoms with Crippen LogP contribution in [-0.2, 0) is 0 Å². The highest BCUT2D eigenvalue weighted by atomic mass is 127. The highest BCUT2D eigenvalue weighted by molar-refractivity contribution is 14.1. The molecule has 4 aromatic rings. The minimum Gasteiger partial charge on any atom is -0.455 e. The van der Waals surface area contributed by atoms with Gasteiger partial charge in [-0.1, -0.05) is 18.2 Å². The summed E-state index contributed by atoms with van der Waals surface area (Å²) in [4.78, 5) is 4.29. The van der Waals surface area contributed by atoms with Gasteiger partial charge < -0.3 is 4.42 Å². The van der Waals surface area contributed by atoms with Crippen LogP contribution in [0.25, 0.3) is 34.4 Å². The average Bonchev–Trinajstić information content (AvgIpc) is 3.05. The highest BCUT2D eigenvalue weighted by Crippen LogP contribution is 2.34. The minimum absolute atomic E-state index is 0.251. The Morgan fingerprint density at radius 1 is 0.923 bits per heavy atom. The van der Waals surface area contributed by atoms with Crippen LogP contribution in [0.1, 0.15) is 11.3 Å². The van der Waals surface area contributed by atoms with Gasteiger partial charge in [0.15, 0.2) is 0 Å². The summed E-state index contributed by atoms with van der Waals surface area (Å²) in [6.07, 6.45) is 5.79. The van der Waals surface area contributed by atoms with Crippen molar-refractivity contribution in [1.82, 2.24) is 4.98 Å². The second-order valence-corrected chi connectivity index (χ2v) is 8.07. The topological polar surface area (TPSA) is 26.0 Å². The highest BCUT2D eigenvalue weighted by Gasteiger charge is 2.13. The van der Waals surface area contributed by atoms with Gasteiger partial charge in [0.1, 0.15) is 17.2 Å². The van der Waals surface area contributed by atoms with Crippen molar-refractivity contribution in [1.29, 1.82) is 0 Å². The normalized spacial score (nSPS) is 11.5. The Morgan fingerprint density at radius 3 is 2.58 bits per heavy atom. The van der Waals surface area contributed by atoms with Gasteiger partial charge in [-0.15, -0.1) is 0 Å². The number of furan rings is 1. The van der Waals surface area contributed by atoms with Crippen LogP contribution in [-0.4, -0.2) is 4.98 Å². The standard InChI is InChI=1S/C21H12FI2NO/c22-15-10-14-11-20(26-21(14)19(24)12-15)17-7-5-13(9-18(17)23)4-6-16-3-1-2-8-25-16/h1-12H.